The second-order valence-corrected chi connectivity index (χ2v) is 7.31. The Morgan fingerprint density at radius 3 is 2.32 bits per heavy atom. The lowest BCUT2D eigenvalue weighted by Crippen LogP contribution is -2.24. The van der Waals surface area contributed by atoms with Gasteiger partial charge in [0.2, 0.25) is 0 Å². The van der Waals surface area contributed by atoms with Crippen molar-refractivity contribution in [3.05, 3.63) is 88.2 Å². The Kier molecular flexibility index (Phi) is 10.5. The highest BCUT2D eigenvalue weighted by Crippen LogP contribution is 2.24. The van der Waals surface area contributed by atoms with Crippen LogP contribution in [0.1, 0.15) is 53.0 Å². The molecular weight excluding hydrogens is 362 g/mol. The molecule has 0 unspecified atom stereocenters. The van der Waals surface area contributed by atoms with E-state index in [0.717, 1.165) is 31.5 Å². The zero-order valence-electron chi connectivity index (χ0n) is 18.0. The second kappa shape index (κ2) is 12.4. The lowest BCUT2D eigenvalue weighted by molar-refractivity contribution is 0.412. The second-order valence-electron chi connectivity index (χ2n) is 7.01. The van der Waals surface area contributed by atoms with E-state index in [9.17, 15) is 5.11 Å². The van der Waals surface area contributed by atoms with Crippen molar-refractivity contribution in [1.82, 2.24) is 4.90 Å². The van der Waals surface area contributed by atoms with Crippen LogP contribution in [-0.2, 0) is 6.42 Å². The molecule has 0 radical (unpaired) electrons. The maximum atomic E-state index is 9.44. The SMILES string of the molecule is C=C(/C(C)=C/C(C)=C(C)/C=C\S)N(CCCc1ccc(O)cc1)/C(=C\C)CC. The Labute approximate surface area is 177 Å². The highest BCUT2D eigenvalue weighted by Gasteiger charge is 2.13. The highest BCUT2D eigenvalue weighted by atomic mass is 32.1. The van der Waals surface area contributed by atoms with Crippen LogP contribution in [0.25, 0.3) is 0 Å². The molecule has 0 fully saturated rings. The average Bonchev–Trinajstić information content (AvgIpc) is 2.68. The summed E-state index contributed by atoms with van der Waals surface area (Å²) < 4.78 is 0. The molecule has 2 nitrogen and oxygen atoms in total. The monoisotopic (exact) mass is 397 g/mol. The summed E-state index contributed by atoms with van der Waals surface area (Å²) >= 11 is 4.16. The fourth-order valence-electron chi connectivity index (χ4n) is 3.08. The Morgan fingerprint density at radius 2 is 1.79 bits per heavy atom. The molecule has 0 spiro atoms. The van der Waals surface area contributed by atoms with Crippen LogP contribution in [0.4, 0.5) is 0 Å². The van der Waals surface area contributed by atoms with Crippen molar-refractivity contribution >= 4 is 12.6 Å². The van der Waals surface area contributed by atoms with Gasteiger partial charge in [0.05, 0.1) is 0 Å². The Balaban J connectivity index is 2.95. The van der Waals surface area contributed by atoms with Gasteiger partial charge in [-0.3, -0.25) is 0 Å². The van der Waals surface area contributed by atoms with Crippen molar-refractivity contribution in [1.29, 1.82) is 0 Å². The molecule has 1 N–H and O–H groups in total. The van der Waals surface area contributed by atoms with E-state index < -0.39 is 0 Å². The zero-order valence-corrected chi connectivity index (χ0v) is 18.9. The number of nitrogens with zero attached hydrogens (tertiary/aromatic N) is 1. The van der Waals surface area contributed by atoms with Gasteiger partial charge >= 0.3 is 0 Å². The van der Waals surface area contributed by atoms with Crippen LogP contribution < -0.4 is 0 Å². The van der Waals surface area contributed by atoms with Gasteiger partial charge in [0.15, 0.2) is 0 Å². The molecule has 1 aromatic rings. The van der Waals surface area contributed by atoms with Crippen molar-refractivity contribution in [2.45, 2.75) is 53.9 Å². The number of hydrogen-bond donors (Lipinski definition) is 2. The summed E-state index contributed by atoms with van der Waals surface area (Å²) in [5.41, 5.74) is 7.15. The first-order valence-corrected chi connectivity index (χ1v) is 10.4. The van der Waals surface area contributed by atoms with Crippen molar-refractivity contribution in [2.75, 3.05) is 6.54 Å². The maximum absolute atomic E-state index is 9.44. The number of aromatic hydroxyl groups is 1. The van der Waals surface area contributed by atoms with Crippen LogP contribution in [0.5, 0.6) is 5.75 Å². The lowest BCUT2D eigenvalue weighted by atomic mass is 10.0. The van der Waals surface area contributed by atoms with E-state index in [1.54, 1.807) is 17.5 Å². The number of allylic oxidation sites excluding steroid dienone is 7. The van der Waals surface area contributed by atoms with Gasteiger partial charge < -0.3 is 10.0 Å². The van der Waals surface area contributed by atoms with Crippen LogP contribution in [0.15, 0.2) is 82.6 Å². The summed E-state index contributed by atoms with van der Waals surface area (Å²) in [6, 6.07) is 7.47. The summed E-state index contributed by atoms with van der Waals surface area (Å²) in [7, 11) is 0. The van der Waals surface area contributed by atoms with Crippen LogP contribution >= 0.6 is 12.6 Å². The van der Waals surface area contributed by atoms with Crippen molar-refractivity contribution < 1.29 is 5.11 Å². The molecule has 0 atom stereocenters. The first-order valence-electron chi connectivity index (χ1n) is 9.90. The van der Waals surface area contributed by atoms with Crippen LogP contribution in [0.2, 0.25) is 0 Å². The van der Waals surface area contributed by atoms with Crippen LogP contribution in [0.3, 0.4) is 0 Å². The molecule has 1 aromatic carbocycles. The van der Waals surface area contributed by atoms with Gasteiger partial charge in [-0.15, -0.1) is 0 Å². The molecule has 0 heterocycles. The predicted molar refractivity (Wildman–Crippen MR) is 127 cm³/mol. The molecule has 0 saturated carbocycles. The minimum absolute atomic E-state index is 0.313. The number of phenolic OH excluding ortho intramolecular Hbond substituents is 1. The van der Waals surface area contributed by atoms with Crippen molar-refractivity contribution in [3.63, 3.8) is 0 Å². The fraction of sp³-hybridized carbons (Fsp3) is 0.360. The molecule has 3 heteroatoms. The highest BCUT2D eigenvalue weighted by molar-refractivity contribution is 7.83. The number of phenols is 1. The van der Waals surface area contributed by atoms with Crippen LogP contribution in [0, 0.1) is 0 Å². The molecule has 0 saturated heterocycles. The zero-order chi connectivity index (χ0) is 21.1. The van der Waals surface area contributed by atoms with Gasteiger partial charge in [0.1, 0.15) is 5.75 Å². The van der Waals surface area contributed by atoms with E-state index in [1.165, 1.54) is 28.0 Å². The molecule has 1 rings (SSSR count). The van der Waals surface area contributed by atoms with Gasteiger partial charge in [-0.25, -0.2) is 0 Å². The normalized spacial score (nSPS) is 13.6. The molecule has 0 aromatic heterocycles. The minimum atomic E-state index is 0.313. The molecule has 0 aliphatic heterocycles. The third kappa shape index (κ3) is 7.47. The van der Waals surface area contributed by atoms with E-state index in [4.69, 9.17) is 0 Å². The lowest BCUT2D eigenvalue weighted by Gasteiger charge is -2.30. The summed E-state index contributed by atoms with van der Waals surface area (Å²) in [5, 5.41) is 11.2. The Hall–Kier alpha value is -2.13. The van der Waals surface area contributed by atoms with Gasteiger partial charge in [-0.2, -0.15) is 12.6 Å². The summed E-state index contributed by atoms with van der Waals surface area (Å²) in [6.45, 7) is 15.9. The van der Waals surface area contributed by atoms with Crippen molar-refractivity contribution in [3.8, 4) is 5.75 Å². The Morgan fingerprint density at radius 1 is 1.14 bits per heavy atom. The third-order valence-corrected chi connectivity index (χ3v) is 5.14. The summed E-state index contributed by atoms with van der Waals surface area (Å²) in [4.78, 5) is 2.34. The van der Waals surface area contributed by atoms with E-state index in [0.29, 0.717) is 5.75 Å². The van der Waals surface area contributed by atoms with Crippen molar-refractivity contribution in [2.24, 2.45) is 0 Å². The molecule has 0 amide bonds. The van der Waals surface area contributed by atoms with Gasteiger partial charge in [0, 0.05) is 17.9 Å². The van der Waals surface area contributed by atoms with Gasteiger partial charge in [0.25, 0.3) is 0 Å². The van der Waals surface area contributed by atoms with Gasteiger partial charge in [-0.05, 0) is 86.8 Å². The number of hydrogen-bond acceptors (Lipinski definition) is 3. The largest absolute Gasteiger partial charge is 0.508 e. The number of aryl methyl sites for hydroxylation is 1. The molecule has 152 valence electrons. The smallest absolute Gasteiger partial charge is 0.115 e. The standard InChI is InChI=1S/C25H35NOS/c1-7-24(8-2)26(16-9-10-23-11-13-25(27)14-12-23)22(6)21(5)18-20(4)19(3)15-17-28/h7,11-15,17-18,27-28H,6,8-10,16H2,1-5H3/b17-15-,20-19+,21-18+,24-7-. The maximum Gasteiger partial charge on any atom is 0.115 e. The first kappa shape index (κ1) is 23.9. The number of benzene rings is 1. The van der Waals surface area contributed by atoms with Gasteiger partial charge in [-0.1, -0.05) is 43.9 Å². The fourth-order valence-corrected chi connectivity index (χ4v) is 3.31. The minimum Gasteiger partial charge on any atom is -0.508 e. The average molecular weight is 398 g/mol. The summed E-state index contributed by atoms with van der Waals surface area (Å²) in [6.07, 6.45) is 9.34. The molecule has 0 bridgehead atoms. The van der Waals surface area contributed by atoms with Crippen LogP contribution in [-0.4, -0.2) is 16.6 Å². The Bertz CT molecular complexity index is 766. The van der Waals surface area contributed by atoms with E-state index in [1.807, 2.05) is 18.2 Å². The molecule has 28 heavy (non-hydrogen) atoms. The van der Waals surface area contributed by atoms with E-state index in [-0.39, 0.29) is 0 Å². The molecule has 0 aliphatic carbocycles. The predicted octanol–water partition coefficient (Wildman–Crippen LogP) is 7.18. The molecular formula is C25H35NOS. The van der Waals surface area contributed by atoms with E-state index >= 15 is 0 Å². The quantitative estimate of drug-likeness (QED) is 0.323. The molecule has 0 aliphatic rings. The number of thiol groups is 1. The third-order valence-electron chi connectivity index (χ3n) is 4.99. The topological polar surface area (TPSA) is 23.5 Å². The number of rotatable bonds is 10. The van der Waals surface area contributed by atoms with E-state index in [2.05, 4.69) is 70.9 Å². The first-order chi connectivity index (χ1) is 13.3. The summed E-state index contributed by atoms with van der Waals surface area (Å²) in [5.74, 6) is 0.313.